The largest absolute Gasteiger partial charge is 0.494 e. The summed E-state index contributed by atoms with van der Waals surface area (Å²) in [7, 11) is 0. The highest BCUT2D eigenvalue weighted by molar-refractivity contribution is 5.90. The minimum Gasteiger partial charge on any atom is -0.494 e. The van der Waals surface area contributed by atoms with Crippen molar-refractivity contribution in [1.29, 1.82) is 0 Å². The van der Waals surface area contributed by atoms with Gasteiger partial charge in [0.2, 0.25) is 0 Å². The molecule has 0 spiro atoms. The monoisotopic (exact) mass is 767 g/mol. The molecule has 2 aliphatic rings. The predicted molar refractivity (Wildman–Crippen MR) is 226 cm³/mol. The maximum absolute atomic E-state index is 13.3. The normalized spacial score (nSPS) is 20.2. The summed E-state index contributed by atoms with van der Waals surface area (Å²) in [6.07, 6.45) is 25.8. The average molecular weight is 767 g/mol. The molecular formula is C50H70O6. The van der Waals surface area contributed by atoms with Crippen LogP contribution in [0.1, 0.15) is 175 Å². The molecule has 3 aromatic carbocycles. The van der Waals surface area contributed by atoms with Crippen LogP contribution in [0.2, 0.25) is 0 Å². The highest BCUT2D eigenvalue weighted by atomic mass is 16.6. The third-order valence-electron chi connectivity index (χ3n) is 12.4. The highest BCUT2D eigenvalue weighted by Gasteiger charge is 2.23. The van der Waals surface area contributed by atoms with Crippen LogP contribution in [0.25, 0.3) is 0 Å². The molecule has 306 valence electrons. The van der Waals surface area contributed by atoms with Gasteiger partial charge >= 0.3 is 11.9 Å². The molecule has 0 radical (unpaired) electrons. The summed E-state index contributed by atoms with van der Waals surface area (Å²) in [5.41, 5.74) is 1.59. The SMILES string of the molecule is CCCCCC1CCC(CCCOc2ccc(C(=O)OCC(OC(=O)c3ccc(OCCCC4CCC(CCCCC)CC4)cc3)c3ccccc3)cc2)CC1. The van der Waals surface area contributed by atoms with E-state index in [9.17, 15) is 9.59 Å². The summed E-state index contributed by atoms with van der Waals surface area (Å²) < 4.78 is 23.6. The van der Waals surface area contributed by atoms with Crippen LogP contribution in [0.3, 0.4) is 0 Å². The molecule has 2 saturated carbocycles. The predicted octanol–water partition coefficient (Wildman–Crippen LogP) is 13.5. The quantitative estimate of drug-likeness (QED) is 0.0668. The van der Waals surface area contributed by atoms with Gasteiger partial charge in [-0.1, -0.05) is 147 Å². The molecule has 2 fully saturated rings. The van der Waals surface area contributed by atoms with Crippen LogP contribution < -0.4 is 9.47 Å². The Morgan fingerprint density at radius 3 is 1.36 bits per heavy atom. The third kappa shape index (κ3) is 15.3. The lowest BCUT2D eigenvalue weighted by molar-refractivity contribution is -0.00134. The van der Waals surface area contributed by atoms with Gasteiger partial charge < -0.3 is 18.9 Å². The molecule has 3 aromatic rings. The molecule has 0 N–H and O–H groups in total. The Labute approximate surface area is 338 Å². The Bertz CT molecular complexity index is 1500. The summed E-state index contributed by atoms with van der Waals surface area (Å²) >= 11 is 0. The van der Waals surface area contributed by atoms with E-state index >= 15 is 0 Å². The number of benzene rings is 3. The second kappa shape index (κ2) is 24.8. The zero-order valence-electron chi connectivity index (χ0n) is 34.6. The number of hydrogen-bond donors (Lipinski definition) is 0. The van der Waals surface area contributed by atoms with Crippen LogP contribution in [0.15, 0.2) is 78.9 Å². The first kappa shape index (κ1) is 43.3. The molecular weight excluding hydrogens is 697 g/mol. The van der Waals surface area contributed by atoms with E-state index in [1.165, 1.54) is 116 Å². The molecule has 2 aliphatic carbocycles. The summed E-state index contributed by atoms with van der Waals surface area (Å²) in [6.45, 7) is 5.82. The molecule has 5 rings (SSSR count). The van der Waals surface area contributed by atoms with E-state index in [4.69, 9.17) is 18.9 Å². The molecule has 0 heterocycles. The minimum atomic E-state index is -0.756. The van der Waals surface area contributed by atoms with Crippen molar-refractivity contribution >= 4 is 11.9 Å². The zero-order valence-corrected chi connectivity index (χ0v) is 34.6. The van der Waals surface area contributed by atoms with Crippen molar-refractivity contribution < 1.29 is 28.5 Å². The number of ether oxygens (including phenoxy) is 4. The Balaban J connectivity index is 0.997. The van der Waals surface area contributed by atoms with Gasteiger partial charge in [0.1, 0.15) is 18.1 Å². The highest BCUT2D eigenvalue weighted by Crippen LogP contribution is 2.35. The van der Waals surface area contributed by atoms with Gasteiger partial charge in [-0.15, -0.1) is 0 Å². The Kier molecular flexibility index (Phi) is 19.1. The van der Waals surface area contributed by atoms with E-state index < -0.39 is 18.0 Å². The van der Waals surface area contributed by atoms with Gasteiger partial charge in [0.25, 0.3) is 0 Å². The van der Waals surface area contributed by atoms with Gasteiger partial charge in [-0.25, -0.2) is 9.59 Å². The maximum atomic E-state index is 13.3. The fourth-order valence-corrected chi connectivity index (χ4v) is 8.78. The van der Waals surface area contributed by atoms with Crippen LogP contribution in [0.4, 0.5) is 0 Å². The van der Waals surface area contributed by atoms with Crippen molar-refractivity contribution in [2.45, 2.75) is 148 Å². The van der Waals surface area contributed by atoms with Crippen LogP contribution in [-0.4, -0.2) is 31.8 Å². The summed E-state index contributed by atoms with van der Waals surface area (Å²) in [5.74, 6) is 4.08. The van der Waals surface area contributed by atoms with E-state index in [0.717, 1.165) is 53.6 Å². The van der Waals surface area contributed by atoms with Gasteiger partial charge in [-0.2, -0.15) is 0 Å². The Morgan fingerprint density at radius 2 is 0.929 bits per heavy atom. The molecule has 0 aliphatic heterocycles. The van der Waals surface area contributed by atoms with E-state index in [1.807, 2.05) is 54.6 Å². The summed E-state index contributed by atoms with van der Waals surface area (Å²) in [4.78, 5) is 26.3. The topological polar surface area (TPSA) is 71.1 Å². The van der Waals surface area contributed by atoms with Crippen LogP contribution >= 0.6 is 0 Å². The fraction of sp³-hybridized carbons (Fsp3) is 0.600. The Hall–Kier alpha value is -3.80. The number of carbonyl (C=O) groups excluding carboxylic acids is 2. The number of hydrogen-bond acceptors (Lipinski definition) is 6. The van der Waals surface area contributed by atoms with Gasteiger partial charge in [-0.3, -0.25) is 0 Å². The first-order valence-corrected chi connectivity index (χ1v) is 22.4. The molecule has 6 nitrogen and oxygen atoms in total. The second-order valence-electron chi connectivity index (χ2n) is 16.7. The van der Waals surface area contributed by atoms with Crippen LogP contribution in [-0.2, 0) is 9.47 Å². The van der Waals surface area contributed by atoms with E-state index in [0.29, 0.717) is 24.3 Å². The van der Waals surface area contributed by atoms with Crippen molar-refractivity contribution in [2.75, 3.05) is 19.8 Å². The van der Waals surface area contributed by atoms with Gasteiger partial charge in [-0.05, 0) is 103 Å². The third-order valence-corrected chi connectivity index (χ3v) is 12.4. The van der Waals surface area contributed by atoms with Gasteiger partial charge in [0.05, 0.1) is 24.3 Å². The standard InChI is InChI=1S/C50H70O6/c1-3-5-8-14-39-20-24-41(25-21-39)16-12-36-53-46-32-28-44(29-33-46)49(51)55-38-48(43-18-10-7-11-19-43)56-50(52)45-30-34-47(35-31-45)54-37-13-17-42-26-22-40(23-27-42)15-9-6-4-2/h7,10-11,18-19,28-35,39-42,48H,3-6,8-9,12-17,20-27,36-38H2,1-2H3. The molecule has 0 amide bonds. The van der Waals surface area contributed by atoms with Crippen molar-refractivity contribution in [2.24, 2.45) is 23.7 Å². The van der Waals surface area contributed by atoms with Crippen molar-refractivity contribution in [1.82, 2.24) is 0 Å². The minimum absolute atomic E-state index is 0.102. The summed E-state index contributed by atoms with van der Waals surface area (Å²) in [6, 6.07) is 23.6. The number of esters is 2. The maximum Gasteiger partial charge on any atom is 0.338 e. The smallest absolute Gasteiger partial charge is 0.338 e. The van der Waals surface area contributed by atoms with E-state index in [2.05, 4.69) is 13.8 Å². The molecule has 1 unspecified atom stereocenters. The molecule has 0 saturated heterocycles. The lowest BCUT2D eigenvalue weighted by Gasteiger charge is -2.28. The van der Waals surface area contributed by atoms with Crippen molar-refractivity contribution in [3.8, 4) is 11.5 Å². The second-order valence-corrected chi connectivity index (χ2v) is 16.7. The first-order chi connectivity index (χ1) is 27.5. The molecule has 0 aromatic heterocycles. The molecule has 0 bridgehead atoms. The Morgan fingerprint density at radius 1 is 0.518 bits per heavy atom. The lowest BCUT2D eigenvalue weighted by atomic mass is 9.78. The van der Waals surface area contributed by atoms with Crippen molar-refractivity contribution in [3.05, 3.63) is 95.6 Å². The molecule has 56 heavy (non-hydrogen) atoms. The number of rotatable bonds is 24. The number of unbranched alkanes of at least 4 members (excludes halogenated alkanes) is 4. The molecule has 6 heteroatoms. The van der Waals surface area contributed by atoms with Crippen LogP contribution in [0.5, 0.6) is 11.5 Å². The van der Waals surface area contributed by atoms with Crippen molar-refractivity contribution in [3.63, 3.8) is 0 Å². The van der Waals surface area contributed by atoms with E-state index in [-0.39, 0.29) is 6.61 Å². The zero-order chi connectivity index (χ0) is 39.2. The average Bonchev–Trinajstić information content (AvgIpc) is 3.24. The van der Waals surface area contributed by atoms with Gasteiger partial charge in [0.15, 0.2) is 6.10 Å². The number of carbonyl (C=O) groups is 2. The molecule has 1 atom stereocenters. The first-order valence-electron chi connectivity index (χ1n) is 22.4. The van der Waals surface area contributed by atoms with Gasteiger partial charge in [0, 0.05) is 0 Å². The van der Waals surface area contributed by atoms with E-state index in [1.54, 1.807) is 24.3 Å². The summed E-state index contributed by atoms with van der Waals surface area (Å²) in [5, 5.41) is 0. The lowest BCUT2D eigenvalue weighted by Crippen LogP contribution is -2.19. The van der Waals surface area contributed by atoms with Crippen LogP contribution in [0, 0.1) is 23.7 Å². The fourth-order valence-electron chi connectivity index (χ4n) is 8.78.